The number of fused-ring (bicyclic) bond motifs is 3. The van der Waals surface area contributed by atoms with Gasteiger partial charge in [0, 0.05) is 17.8 Å². The molecule has 0 spiro atoms. The van der Waals surface area contributed by atoms with Crippen molar-refractivity contribution in [1.29, 1.82) is 0 Å². The van der Waals surface area contributed by atoms with Crippen LogP contribution in [0.4, 0.5) is 4.39 Å². The lowest BCUT2D eigenvalue weighted by Gasteiger charge is -2.24. The molecule has 0 amide bonds. The first kappa shape index (κ1) is 12.8. The Bertz CT molecular complexity index is 828. The van der Waals surface area contributed by atoms with E-state index < -0.39 is 0 Å². The Balaban J connectivity index is 1.90. The molecule has 106 valence electrons. The van der Waals surface area contributed by atoms with E-state index in [2.05, 4.69) is 15.3 Å². The first-order valence-electron chi connectivity index (χ1n) is 6.88. The number of halogens is 2. The molecule has 3 heterocycles. The van der Waals surface area contributed by atoms with E-state index in [0.717, 1.165) is 35.3 Å². The van der Waals surface area contributed by atoms with Crippen molar-refractivity contribution in [2.75, 3.05) is 6.54 Å². The Kier molecular flexibility index (Phi) is 2.94. The molecule has 2 N–H and O–H groups in total. The van der Waals surface area contributed by atoms with E-state index in [-0.39, 0.29) is 11.9 Å². The van der Waals surface area contributed by atoms with Crippen molar-refractivity contribution < 1.29 is 4.39 Å². The summed E-state index contributed by atoms with van der Waals surface area (Å²) in [6.07, 6.45) is 0.883. The SMILES string of the molecule is Fc1cccc(C2NCCc3c2[nH]c2ccc(Cl)nc32)c1. The van der Waals surface area contributed by atoms with Crippen LogP contribution in [0.2, 0.25) is 5.15 Å². The first-order valence-corrected chi connectivity index (χ1v) is 7.26. The van der Waals surface area contributed by atoms with Crippen LogP contribution >= 0.6 is 11.6 Å². The normalized spacial score (nSPS) is 17.9. The molecule has 1 unspecified atom stereocenters. The summed E-state index contributed by atoms with van der Waals surface area (Å²) in [5.41, 5.74) is 5.01. The number of hydrogen-bond acceptors (Lipinski definition) is 2. The van der Waals surface area contributed by atoms with Crippen molar-refractivity contribution in [2.24, 2.45) is 0 Å². The van der Waals surface area contributed by atoms with Gasteiger partial charge in [0.05, 0.1) is 17.1 Å². The maximum Gasteiger partial charge on any atom is 0.129 e. The molecule has 2 aromatic heterocycles. The highest BCUT2D eigenvalue weighted by Crippen LogP contribution is 2.33. The van der Waals surface area contributed by atoms with Crippen molar-refractivity contribution in [3.63, 3.8) is 0 Å². The van der Waals surface area contributed by atoms with Crippen LogP contribution in [0.25, 0.3) is 11.0 Å². The lowest BCUT2D eigenvalue weighted by molar-refractivity contribution is 0.553. The van der Waals surface area contributed by atoms with Crippen LogP contribution in [0.5, 0.6) is 0 Å². The second kappa shape index (κ2) is 4.83. The zero-order valence-corrected chi connectivity index (χ0v) is 11.9. The third-order valence-corrected chi connectivity index (χ3v) is 4.15. The van der Waals surface area contributed by atoms with E-state index >= 15 is 0 Å². The third-order valence-electron chi connectivity index (χ3n) is 3.94. The Morgan fingerprint density at radius 1 is 1.24 bits per heavy atom. The molecular formula is C16H13ClFN3. The molecule has 3 nitrogen and oxygen atoms in total. The number of hydrogen-bond donors (Lipinski definition) is 2. The maximum absolute atomic E-state index is 13.5. The smallest absolute Gasteiger partial charge is 0.129 e. The molecule has 5 heteroatoms. The quantitative estimate of drug-likeness (QED) is 0.674. The Morgan fingerprint density at radius 3 is 3.00 bits per heavy atom. The summed E-state index contributed by atoms with van der Waals surface area (Å²) in [7, 11) is 0. The van der Waals surface area contributed by atoms with Crippen molar-refractivity contribution in [3.05, 3.63) is 64.2 Å². The molecule has 0 bridgehead atoms. The zero-order valence-electron chi connectivity index (χ0n) is 11.2. The average molecular weight is 302 g/mol. The lowest BCUT2D eigenvalue weighted by atomic mass is 9.95. The molecule has 0 saturated heterocycles. The van der Waals surface area contributed by atoms with Gasteiger partial charge < -0.3 is 10.3 Å². The van der Waals surface area contributed by atoms with Gasteiger partial charge in [-0.1, -0.05) is 23.7 Å². The predicted molar refractivity (Wildman–Crippen MR) is 81.1 cm³/mol. The number of nitrogens with zero attached hydrogens (tertiary/aromatic N) is 1. The highest BCUT2D eigenvalue weighted by Gasteiger charge is 2.26. The number of nitrogens with one attached hydrogen (secondary N) is 2. The molecule has 0 saturated carbocycles. The van der Waals surface area contributed by atoms with E-state index in [1.54, 1.807) is 18.2 Å². The van der Waals surface area contributed by atoms with Crippen LogP contribution in [0.15, 0.2) is 36.4 Å². The largest absolute Gasteiger partial charge is 0.355 e. The Morgan fingerprint density at radius 2 is 2.14 bits per heavy atom. The summed E-state index contributed by atoms with van der Waals surface area (Å²) in [6.45, 7) is 0.829. The van der Waals surface area contributed by atoms with E-state index in [1.165, 1.54) is 11.6 Å². The lowest BCUT2D eigenvalue weighted by Crippen LogP contribution is -2.30. The molecule has 4 rings (SSSR count). The van der Waals surface area contributed by atoms with Gasteiger partial charge in [-0.2, -0.15) is 0 Å². The minimum absolute atomic E-state index is 0.0441. The molecule has 1 aromatic carbocycles. The number of aromatic amines is 1. The highest BCUT2D eigenvalue weighted by atomic mass is 35.5. The molecule has 1 aliphatic heterocycles. The molecule has 0 radical (unpaired) electrons. The number of rotatable bonds is 1. The fourth-order valence-corrected chi connectivity index (χ4v) is 3.18. The summed E-state index contributed by atoms with van der Waals surface area (Å²) in [6, 6.07) is 10.4. The number of benzene rings is 1. The Hall–Kier alpha value is -1.91. The molecule has 1 atom stereocenters. The van der Waals surface area contributed by atoms with Gasteiger partial charge >= 0.3 is 0 Å². The third kappa shape index (κ3) is 2.11. The standard InChI is InChI=1S/C16H13ClFN3/c17-13-5-4-12-15(21-13)11-6-7-19-14(16(11)20-12)9-2-1-3-10(18)8-9/h1-5,8,14,19-20H,6-7H2. The van der Waals surface area contributed by atoms with Crippen LogP contribution in [0.3, 0.4) is 0 Å². The average Bonchev–Trinajstić information content (AvgIpc) is 2.85. The molecule has 1 aliphatic rings. The van der Waals surface area contributed by atoms with Gasteiger partial charge in [0.25, 0.3) is 0 Å². The molecule has 0 aliphatic carbocycles. The highest BCUT2D eigenvalue weighted by molar-refractivity contribution is 6.29. The topological polar surface area (TPSA) is 40.7 Å². The summed E-state index contributed by atoms with van der Waals surface area (Å²) < 4.78 is 13.5. The molecule has 21 heavy (non-hydrogen) atoms. The van der Waals surface area contributed by atoms with Gasteiger partial charge in [-0.05, 0) is 36.2 Å². The number of H-pyrrole nitrogens is 1. The van der Waals surface area contributed by atoms with Crippen LogP contribution in [0.1, 0.15) is 22.9 Å². The first-order chi connectivity index (χ1) is 10.2. The number of pyridine rings is 1. The van der Waals surface area contributed by atoms with Crippen molar-refractivity contribution in [2.45, 2.75) is 12.5 Å². The van der Waals surface area contributed by atoms with Crippen LogP contribution in [-0.2, 0) is 6.42 Å². The molecular weight excluding hydrogens is 289 g/mol. The minimum Gasteiger partial charge on any atom is -0.355 e. The summed E-state index contributed by atoms with van der Waals surface area (Å²) in [4.78, 5) is 7.83. The Labute approximate surface area is 126 Å². The van der Waals surface area contributed by atoms with Gasteiger partial charge in [-0.25, -0.2) is 9.37 Å². The second-order valence-electron chi connectivity index (χ2n) is 5.24. The number of aromatic nitrogens is 2. The monoisotopic (exact) mass is 301 g/mol. The van der Waals surface area contributed by atoms with Gasteiger partial charge in [0.1, 0.15) is 11.0 Å². The summed E-state index contributed by atoms with van der Waals surface area (Å²) in [5, 5.41) is 3.93. The summed E-state index contributed by atoms with van der Waals surface area (Å²) >= 11 is 6.00. The fourth-order valence-electron chi connectivity index (χ4n) is 3.03. The van der Waals surface area contributed by atoms with Gasteiger partial charge in [-0.15, -0.1) is 0 Å². The van der Waals surface area contributed by atoms with Gasteiger partial charge in [0.2, 0.25) is 0 Å². The molecule has 0 fully saturated rings. The van der Waals surface area contributed by atoms with Crippen molar-refractivity contribution in [3.8, 4) is 0 Å². The summed E-state index contributed by atoms with van der Waals surface area (Å²) in [5.74, 6) is -0.223. The van der Waals surface area contributed by atoms with Crippen molar-refractivity contribution in [1.82, 2.24) is 15.3 Å². The van der Waals surface area contributed by atoms with Crippen molar-refractivity contribution >= 4 is 22.6 Å². The van der Waals surface area contributed by atoms with E-state index in [4.69, 9.17) is 11.6 Å². The van der Waals surface area contributed by atoms with E-state index in [0.29, 0.717) is 5.15 Å². The van der Waals surface area contributed by atoms with Crippen LogP contribution in [-0.4, -0.2) is 16.5 Å². The van der Waals surface area contributed by atoms with E-state index in [9.17, 15) is 4.39 Å². The second-order valence-corrected chi connectivity index (χ2v) is 5.63. The van der Waals surface area contributed by atoms with Crippen LogP contribution < -0.4 is 5.32 Å². The van der Waals surface area contributed by atoms with Gasteiger partial charge in [0.15, 0.2) is 0 Å². The zero-order chi connectivity index (χ0) is 14.4. The van der Waals surface area contributed by atoms with Gasteiger partial charge in [-0.3, -0.25) is 0 Å². The van der Waals surface area contributed by atoms with Crippen LogP contribution in [0, 0.1) is 5.82 Å². The predicted octanol–water partition coefficient (Wildman–Crippen LogP) is 3.59. The van der Waals surface area contributed by atoms with E-state index in [1.807, 2.05) is 12.1 Å². The molecule has 3 aromatic rings. The fraction of sp³-hybridized carbons (Fsp3) is 0.188. The maximum atomic E-state index is 13.5. The minimum atomic E-state index is -0.223.